The molecule has 0 aromatic heterocycles. The van der Waals surface area contributed by atoms with E-state index < -0.39 is 0 Å². The average Bonchev–Trinajstić information content (AvgIpc) is 3.06. The molecule has 2 heteroatoms. The van der Waals surface area contributed by atoms with Crippen molar-refractivity contribution in [2.45, 2.75) is 129 Å². The molecule has 0 amide bonds. The SMILES string of the molecule is CCCCCc1cc(CCCCCCCCc2ccc(Cc3ccc(N)cc3)c(CCCCC)c2)ccc1Cc1ccc(N)cc1. The van der Waals surface area contributed by atoms with Crippen molar-refractivity contribution in [1.29, 1.82) is 0 Å². The number of nitrogen functional groups attached to an aromatic ring is 2. The highest BCUT2D eigenvalue weighted by Gasteiger charge is 2.08. The number of anilines is 2. The molecule has 0 aliphatic carbocycles. The zero-order chi connectivity index (χ0) is 32.4. The molecule has 4 rings (SSSR count). The van der Waals surface area contributed by atoms with E-state index in [0.717, 1.165) is 24.2 Å². The van der Waals surface area contributed by atoms with Gasteiger partial charge in [0.2, 0.25) is 0 Å². The van der Waals surface area contributed by atoms with Crippen LogP contribution in [-0.4, -0.2) is 0 Å². The maximum absolute atomic E-state index is 5.91. The Kier molecular flexibility index (Phi) is 15.3. The normalized spacial score (nSPS) is 11.3. The molecule has 0 aliphatic rings. The van der Waals surface area contributed by atoms with Gasteiger partial charge >= 0.3 is 0 Å². The Balaban J connectivity index is 1.19. The van der Waals surface area contributed by atoms with Crippen LogP contribution in [0.15, 0.2) is 84.9 Å². The minimum Gasteiger partial charge on any atom is -0.399 e. The lowest BCUT2D eigenvalue weighted by Crippen LogP contribution is -1.99. The molecule has 246 valence electrons. The van der Waals surface area contributed by atoms with Crippen LogP contribution in [0.5, 0.6) is 0 Å². The van der Waals surface area contributed by atoms with Gasteiger partial charge in [-0.3, -0.25) is 0 Å². The van der Waals surface area contributed by atoms with Crippen LogP contribution in [0.1, 0.15) is 135 Å². The summed E-state index contributed by atoms with van der Waals surface area (Å²) in [6.07, 6.45) is 22.4. The fourth-order valence-corrected chi connectivity index (χ4v) is 6.69. The Labute approximate surface area is 281 Å². The van der Waals surface area contributed by atoms with E-state index in [-0.39, 0.29) is 0 Å². The van der Waals surface area contributed by atoms with Gasteiger partial charge in [0.15, 0.2) is 0 Å². The van der Waals surface area contributed by atoms with Crippen LogP contribution in [0.3, 0.4) is 0 Å². The van der Waals surface area contributed by atoms with Crippen molar-refractivity contribution in [3.8, 4) is 0 Å². The van der Waals surface area contributed by atoms with Gasteiger partial charge in [-0.2, -0.15) is 0 Å². The molecule has 0 saturated heterocycles. The Bertz CT molecular complexity index is 1310. The van der Waals surface area contributed by atoms with Crippen molar-refractivity contribution in [3.63, 3.8) is 0 Å². The van der Waals surface area contributed by atoms with Crippen LogP contribution in [0.4, 0.5) is 11.4 Å². The van der Waals surface area contributed by atoms with Crippen LogP contribution in [0.25, 0.3) is 0 Å². The number of hydrogen-bond donors (Lipinski definition) is 2. The van der Waals surface area contributed by atoms with E-state index in [1.54, 1.807) is 11.1 Å². The van der Waals surface area contributed by atoms with E-state index in [9.17, 15) is 0 Å². The third-order valence-electron chi connectivity index (χ3n) is 9.57. The molecule has 0 radical (unpaired) electrons. The Morgan fingerprint density at radius 1 is 0.348 bits per heavy atom. The molecule has 2 nitrogen and oxygen atoms in total. The molecule has 0 spiro atoms. The van der Waals surface area contributed by atoms with E-state index in [1.807, 2.05) is 24.3 Å². The highest BCUT2D eigenvalue weighted by atomic mass is 14.5. The molecule has 0 saturated carbocycles. The molecule has 0 aliphatic heterocycles. The van der Waals surface area contributed by atoms with E-state index in [2.05, 4.69) is 74.5 Å². The first-order valence-corrected chi connectivity index (χ1v) is 18.4. The van der Waals surface area contributed by atoms with Crippen LogP contribution in [0, 0.1) is 0 Å². The van der Waals surface area contributed by atoms with Gasteiger partial charge in [-0.25, -0.2) is 0 Å². The van der Waals surface area contributed by atoms with Crippen molar-refractivity contribution < 1.29 is 0 Å². The van der Waals surface area contributed by atoms with Crippen LogP contribution in [-0.2, 0) is 38.5 Å². The maximum Gasteiger partial charge on any atom is 0.0314 e. The van der Waals surface area contributed by atoms with E-state index in [4.69, 9.17) is 11.5 Å². The predicted octanol–water partition coefficient (Wildman–Crippen LogP) is 11.6. The Morgan fingerprint density at radius 2 is 0.696 bits per heavy atom. The van der Waals surface area contributed by atoms with Gasteiger partial charge in [-0.15, -0.1) is 0 Å². The highest BCUT2D eigenvalue weighted by molar-refractivity contribution is 5.43. The van der Waals surface area contributed by atoms with Gasteiger partial charge in [0, 0.05) is 11.4 Å². The number of aryl methyl sites for hydroxylation is 4. The quantitative estimate of drug-likeness (QED) is 0.0723. The largest absolute Gasteiger partial charge is 0.399 e. The summed E-state index contributed by atoms with van der Waals surface area (Å²) >= 11 is 0. The summed E-state index contributed by atoms with van der Waals surface area (Å²) in [5.41, 5.74) is 25.3. The van der Waals surface area contributed by atoms with Crippen molar-refractivity contribution in [1.82, 2.24) is 0 Å². The van der Waals surface area contributed by atoms with Crippen molar-refractivity contribution >= 4 is 11.4 Å². The smallest absolute Gasteiger partial charge is 0.0314 e. The number of hydrogen-bond acceptors (Lipinski definition) is 2. The minimum absolute atomic E-state index is 0.838. The molecular formula is C44H60N2. The number of benzene rings is 4. The predicted molar refractivity (Wildman–Crippen MR) is 202 cm³/mol. The van der Waals surface area contributed by atoms with E-state index in [0.29, 0.717) is 0 Å². The molecule has 4 aromatic rings. The first kappa shape index (κ1) is 35.3. The third-order valence-corrected chi connectivity index (χ3v) is 9.57. The molecule has 46 heavy (non-hydrogen) atoms. The molecule has 4 N–H and O–H groups in total. The van der Waals surface area contributed by atoms with Gasteiger partial charge in [-0.05, 0) is 133 Å². The summed E-state index contributed by atoms with van der Waals surface area (Å²) in [6.45, 7) is 4.58. The number of unbranched alkanes of at least 4 members (excludes halogenated alkanes) is 9. The first-order chi connectivity index (χ1) is 22.5. The molecule has 0 unspecified atom stereocenters. The summed E-state index contributed by atoms with van der Waals surface area (Å²) in [7, 11) is 0. The second-order valence-electron chi connectivity index (χ2n) is 13.6. The summed E-state index contributed by atoms with van der Waals surface area (Å²) in [6, 6.07) is 31.4. The summed E-state index contributed by atoms with van der Waals surface area (Å²) in [5, 5.41) is 0. The van der Waals surface area contributed by atoms with Gasteiger partial charge in [0.1, 0.15) is 0 Å². The monoisotopic (exact) mass is 616 g/mol. The van der Waals surface area contributed by atoms with Gasteiger partial charge < -0.3 is 11.5 Å². The maximum atomic E-state index is 5.91. The van der Waals surface area contributed by atoms with Gasteiger partial charge in [0.25, 0.3) is 0 Å². The second-order valence-corrected chi connectivity index (χ2v) is 13.6. The van der Waals surface area contributed by atoms with Gasteiger partial charge in [0.05, 0.1) is 0 Å². The zero-order valence-electron chi connectivity index (χ0n) is 29.0. The molecule has 4 aromatic carbocycles. The van der Waals surface area contributed by atoms with Gasteiger partial charge in [-0.1, -0.05) is 126 Å². The number of rotatable bonds is 21. The molecule has 0 atom stereocenters. The van der Waals surface area contributed by atoms with E-state index >= 15 is 0 Å². The lowest BCUT2D eigenvalue weighted by atomic mass is 9.92. The summed E-state index contributed by atoms with van der Waals surface area (Å²) in [4.78, 5) is 0. The third kappa shape index (κ3) is 12.3. The van der Waals surface area contributed by atoms with Crippen molar-refractivity contribution in [2.24, 2.45) is 0 Å². The fraction of sp³-hybridized carbons (Fsp3) is 0.455. The summed E-state index contributed by atoms with van der Waals surface area (Å²) in [5.74, 6) is 0. The topological polar surface area (TPSA) is 52.0 Å². The van der Waals surface area contributed by atoms with Crippen LogP contribution in [0.2, 0.25) is 0 Å². The van der Waals surface area contributed by atoms with Crippen LogP contribution >= 0.6 is 0 Å². The standard InChI is InChI=1S/C44H60N2/c1-3-5-11-17-39-31-35(19-25-41(39)33-37-21-27-43(45)28-22-37)15-13-9-7-8-10-14-16-36-20-26-42(40(32-36)18-12-6-4-2)34-38-23-29-44(46)30-24-38/h19-32H,3-18,33-34,45-46H2,1-2H3. The lowest BCUT2D eigenvalue weighted by Gasteiger charge is -2.13. The first-order valence-electron chi connectivity index (χ1n) is 18.4. The van der Waals surface area contributed by atoms with Crippen molar-refractivity contribution in [3.05, 3.63) is 129 Å². The Morgan fingerprint density at radius 3 is 1.09 bits per heavy atom. The van der Waals surface area contributed by atoms with E-state index in [1.165, 1.54) is 136 Å². The molecule has 0 fully saturated rings. The average molecular weight is 617 g/mol. The summed E-state index contributed by atoms with van der Waals surface area (Å²) < 4.78 is 0. The second kappa shape index (κ2) is 19.9. The highest BCUT2D eigenvalue weighted by Crippen LogP contribution is 2.23. The van der Waals surface area contributed by atoms with Crippen LogP contribution < -0.4 is 11.5 Å². The molecule has 0 heterocycles. The molecular weight excluding hydrogens is 556 g/mol. The Hall–Kier alpha value is -3.52. The van der Waals surface area contributed by atoms with Crippen molar-refractivity contribution in [2.75, 3.05) is 11.5 Å². The zero-order valence-corrected chi connectivity index (χ0v) is 29.0. The number of nitrogens with two attached hydrogens (primary N) is 2. The molecule has 0 bridgehead atoms. The minimum atomic E-state index is 0.838. The lowest BCUT2D eigenvalue weighted by molar-refractivity contribution is 0.593. The fourth-order valence-electron chi connectivity index (χ4n) is 6.69.